The third-order valence-electron chi connectivity index (χ3n) is 3.53. The molecule has 0 saturated carbocycles. The lowest BCUT2D eigenvalue weighted by Gasteiger charge is -2.07. The lowest BCUT2D eigenvalue weighted by atomic mass is 10.1. The number of carbonyl (C=O) groups excluding carboxylic acids is 1. The molecule has 0 aliphatic heterocycles. The summed E-state index contributed by atoms with van der Waals surface area (Å²) in [6, 6.07) is 16.2. The molecule has 0 aliphatic rings. The van der Waals surface area contributed by atoms with Crippen LogP contribution in [0.15, 0.2) is 54.6 Å². The van der Waals surface area contributed by atoms with E-state index in [1.165, 1.54) is 0 Å². The highest BCUT2D eigenvalue weighted by Crippen LogP contribution is 2.07. The fraction of sp³-hybridized carbons (Fsp3) is 0.278. The maximum Gasteiger partial charge on any atom is 0.224 e. The highest BCUT2D eigenvalue weighted by Gasteiger charge is 2.12. The Morgan fingerprint density at radius 3 is 2.24 bits per heavy atom. The van der Waals surface area contributed by atoms with Gasteiger partial charge in [0, 0.05) is 12.2 Å². The maximum atomic E-state index is 12.0. The second-order valence-electron chi connectivity index (χ2n) is 5.70. The van der Waals surface area contributed by atoms with E-state index in [-0.39, 0.29) is 36.2 Å². The maximum absolute atomic E-state index is 12.0. The number of rotatable bonds is 8. The molecule has 1 amide bonds. The molecule has 3 N–H and O–H groups in total. The van der Waals surface area contributed by atoms with Gasteiger partial charge in [-0.3, -0.25) is 4.79 Å². The zero-order chi connectivity index (χ0) is 17.4. The number of amides is 1. The first-order valence-electron chi connectivity index (χ1n) is 7.80. The van der Waals surface area contributed by atoms with Crippen LogP contribution in [0.25, 0.3) is 0 Å². The SMILES string of the molecule is Cl.Nc1ccc(CC(=O)NCCCS(=O)(=O)Cc2ccccc2)cc1. The number of sulfone groups is 1. The summed E-state index contributed by atoms with van der Waals surface area (Å²) in [6.45, 7) is 0.349. The monoisotopic (exact) mass is 382 g/mol. The molecule has 25 heavy (non-hydrogen) atoms. The van der Waals surface area contributed by atoms with Crippen LogP contribution in [-0.4, -0.2) is 26.6 Å². The number of hydrogen-bond donors (Lipinski definition) is 2. The van der Waals surface area contributed by atoms with Gasteiger partial charge in [-0.15, -0.1) is 12.4 Å². The molecule has 0 unspecified atom stereocenters. The molecule has 7 heteroatoms. The first kappa shape index (κ1) is 21.0. The molecule has 0 heterocycles. The predicted octanol–water partition coefficient (Wildman–Crippen LogP) is 2.35. The number of carbonyl (C=O) groups is 1. The average molecular weight is 383 g/mol. The molecule has 0 aliphatic carbocycles. The number of halogens is 1. The van der Waals surface area contributed by atoms with Gasteiger partial charge >= 0.3 is 0 Å². The second-order valence-corrected chi connectivity index (χ2v) is 7.88. The largest absolute Gasteiger partial charge is 0.399 e. The Hall–Kier alpha value is -2.05. The summed E-state index contributed by atoms with van der Waals surface area (Å²) in [7, 11) is -3.16. The van der Waals surface area contributed by atoms with Crippen molar-refractivity contribution in [2.24, 2.45) is 0 Å². The third-order valence-corrected chi connectivity index (χ3v) is 5.21. The Bertz CT molecular complexity index is 763. The quantitative estimate of drug-likeness (QED) is 0.541. The topological polar surface area (TPSA) is 89.3 Å². The molecule has 0 aromatic heterocycles. The Labute approximate surface area is 155 Å². The molecular formula is C18H23ClN2O3S. The zero-order valence-electron chi connectivity index (χ0n) is 13.9. The van der Waals surface area contributed by atoms with Gasteiger partial charge in [-0.2, -0.15) is 0 Å². The van der Waals surface area contributed by atoms with Crippen LogP contribution >= 0.6 is 12.4 Å². The van der Waals surface area contributed by atoms with Crippen LogP contribution < -0.4 is 11.1 Å². The molecule has 136 valence electrons. The van der Waals surface area contributed by atoms with Gasteiger partial charge < -0.3 is 11.1 Å². The summed E-state index contributed by atoms with van der Waals surface area (Å²) in [6.07, 6.45) is 0.666. The molecule has 0 atom stereocenters. The number of anilines is 1. The van der Waals surface area contributed by atoms with Crippen LogP contribution in [0.1, 0.15) is 17.5 Å². The van der Waals surface area contributed by atoms with Gasteiger partial charge in [0.05, 0.1) is 17.9 Å². The highest BCUT2D eigenvalue weighted by atomic mass is 35.5. The summed E-state index contributed by atoms with van der Waals surface area (Å²) >= 11 is 0. The lowest BCUT2D eigenvalue weighted by molar-refractivity contribution is -0.120. The van der Waals surface area contributed by atoms with Crippen molar-refractivity contribution in [2.75, 3.05) is 18.0 Å². The minimum Gasteiger partial charge on any atom is -0.399 e. The van der Waals surface area contributed by atoms with E-state index < -0.39 is 9.84 Å². The average Bonchev–Trinajstić information content (AvgIpc) is 2.54. The van der Waals surface area contributed by atoms with E-state index in [4.69, 9.17) is 5.73 Å². The van der Waals surface area contributed by atoms with E-state index in [2.05, 4.69) is 5.32 Å². The Balaban J connectivity index is 0.00000312. The van der Waals surface area contributed by atoms with Gasteiger partial charge in [0.25, 0.3) is 0 Å². The van der Waals surface area contributed by atoms with Crippen molar-refractivity contribution in [3.63, 3.8) is 0 Å². The van der Waals surface area contributed by atoms with Crippen LogP contribution in [0.5, 0.6) is 0 Å². The van der Waals surface area contributed by atoms with Gasteiger partial charge in [-0.1, -0.05) is 42.5 Å². The smallest absolute Gasteiger partial charge is 0.224 e. The minimum absolute atomic E-state index is 0. The molecule has 2 aromatic carbocycles. The fourth-order valence-electron chi connectivity index (χ4n) is 2.30. The molecule has 0 fully saturated rings. The van der Waals surface area contributed by atoms with Gasteiger partial charge in [-0.05, 0) is 29.7 Å². The van der Waals surface area contributed by atoms with E-state index in [1.807, 2.05) is 18.2 Å². The second kappa shape index (κ2) is 10.1. The van der Waals surface area contributed by atoms with Crippen LogP contribution in [0, 0.1) is 0 Å². The van der Waals surface area contributed by atoms with Crippen molar-refractivity contribution in [3.8, 4) is 0 Å². The van der Waals surface area contributed by atoms with Crippen LogP contribution in [0.3, 0.4) is 0 Å². The first-order valence-corrected chi connectivity index (χ1v) is 9.62. The summed E-state index contributed by atoms with van der Waals surface area (Å²) in [5.74, 6) is -0.0303. The summed E-state index contributed by atoms with van der Waals surface area (Å²) in [4.78, 5) is 11.8. The minimum atomic E-state index is -3.16. The Morgan fingerprint density at radius 2 is 1.60 bits per heavy atom. The van der Waals surface area contributed by atoms with Crippen molar-refractivity contribution in [1.82, 2.24) is 5.32 Å². The van der Waals surface area contributed by atoms with Gasteiger partial charge in [-0.25, -0.2) is 8.42 Å². The van der Waals surface area contributed by atoms with Crippen LogP contribution in [-0.2, 0) is 26.8 Å². The normalized spacial score (nSPS) is 10.7. The van der Waals surface area contributed by atoms with Gasteiger partial charge in [0.15, 0.2) is 9.84 Å². The fourth-order valence-corrected chi connectivity index (χ4v) is 3.73. The highest BCUT2D eigenvalue weighted by molar-refractivity contribution is 7.90. The Morgan fingerprint density at radius 1 is 0.960 bits per heavy atom. The number of benzene rings is 2. The van der Waals surface area contributed by atoms with Gasteiger partial charge in [0.1, 0.15) is 0 Å². The van der Waals surface area contributed by atoms with E-state index in [1.54, 1.807) is 36.4 Å². The summed E-state index contributed by atoms with van der Waals surface area (Å²) in [5.41, 5.74) is 7.91. The third kappa shape index (κ3) is 8.05. The van der Waals surface area contributed by atoms with E-state index in [9.17, 15) is 13.2 Å². The molecule has 2 aromatic rings. The van der Waals surface area contributed by atoms with Crippen LogP contribution in [0.2, 0.25) is 0 Å². The van der Waals surface area contributed by atoms with E-state index in [0.29, 0.717) is 18.7 Å². The van der Waals surface area contributed by atoms with Crippen molar-refractivity contribution in [2.45, 2.75) is 18.6 Å². The molecule has 5 nitrogen and oxygen atoms in total. The lowest BCUT2D eigenvalue weighted by Crippen LogP contribution is -2.27. The summed E-state index contributed by atoms with van der Waals surface area (Å²) < 4.78 is 24.1. The molecule has 0 saturated heterocycles. The summed E-state index contributed by atoms with van der Waals surface area (Å²) in [5, 5.41) is 2.75. The molecule has 0 radical (unpaired) electrons. The number of nitrogen functional groups attached to an aromatic ring is 1. The van der Waals surface area contributed by atoms with Gasteiger partial charge in [0.2, 0.25) is 5.91 Å². The van der Waals surface area contributed by atoms with Crippen LogP contribution in [0.4, 0.5) is 5.69 Å². The van der Waals surface area contributed by atoms with Crippen molar-refractivity contribution < 1.29 is 13.2 Å². The zero-order valence-corrected chi connectivity index (χ0v) is 15.5. The predicted molar refractivity (Wildman–Crippen MR) is 103 cm³/mol. The molecule has 2 rings (SSSR count). The number of hydrogen-bond acceptors (Lipinski definition) is 4. The Kier molecular flexibility index (Phi) is 8.45. The van der Waals surface area contributed by atoms with Crippen molar-refractivity contribution in [1.29, 1.82) is 0 Å². The molecule has 0 spiro atoms. The van der Waals surface area contributed by atoms with Crippen molar-refractivity contribution >= 4 is 33.8 Å². The van der Waals surface area contributed by atoms with E-state index in [0.717, 1.165) is 11.1 Å². The molecule has 0 bridgehead atoms. The number of nitrogens with two attached hydrogens (primary N) is 1. The number of nitrogens with one attached hydrogen (secondary N) is 1. The van der Waals surface area contributed by atoms with Crippen molar-refractivity contribution in [3.05, 3.63) is 65.7 Å². The first-order chi connectivity index (χ1) is 11.4. The molecular weight excluding hydrogens is 360 g/mol. The standard InChI is InChI=1S/C18H22N2O3S.ClH/c19-17-9-7-15(8-10-17)13-18(21)20-11-4-12-24(22,23)14-16-5-2-1-3-6-16;/h1-3,5-10H,4,11-14,19H2,(H,20,21);1H. The van der Waals surface area contributed by atoms with E-state index >= 15 is 0 Å².